The van der Waals surface area contributed by atoms with Crippen LogP contribution in [0.4, 0.5) is 5.69 Å². The first-order chi connectivity index (χ1) is 8.61. The lowest BCUT2D eigenvalue weighted by Gasteiger charge is -2.09. The van der Waals surface area contributed by atoms with Crippen LogP contribution in [0.2, 0.25) is 0 Å². The number of carbonyl (C=O) groups is 1. The normalized spacial score (nSPS) is 9.89. The van der Waals surface area contributed by atoms with Gasteiger partial charge in [0, 0.05) is 18.7 Å². The first kappa shape index (κ1) is 17.7. The molecule has 0 fully saturated rings. The van der Waals surface area contributed by atoms with Crippen LogP contribution in [0.25, 0.3) is 0 Å². The number of hydrogen-bond donors (Lipinski definition) is 2. The van der Waals surface area contributed by atoms with Crippen molar-refractivity contribution >= 4 is 24.0 Å². The molecule has 0 saturated carbocycles. The Kier molecular flexibility index (Phi) is 9.00. The van der Waals surface area contributed by atoms with Crippen molar-refractivity contribution in [1.29, 1.82) is 0 Å². The molecule has 1 amide bonds. The van der Waals surface area contributed by atoms with Crippen molar-refractivity contribution in [3.63, 3.8) is 0 Å². The second-order valence-electron chi connectivity index (χ2n) is 4.64. The summed E-state index contributed by atoms with van der Waals surface area (Å²) in [6.07, 6.45) is 1.38. The molecule has 0 aliphatic rings. The third kappa shape index (κ3) is 7.70. The first-order valence-corrected chi connectivity index (χ1v) is 6.34. The highest BCUT2D eigenvalue weighted by atomic mass is 35.5. The summed E-state index contributed by atoms with van der Waals surface area (Å²) in [5.74, 6) is 1.40. The average molecular weight is 287 g/mol. The number of hydrogen-bond acceptors (Lipinski definition) is 3. The van der Waals surface area contributed by atoms with Crippen molar-refractivity contribution in [2.75, 3.05) is 18.5 Å². The van der Waals surface area contributed by atoms with E-state index in [0.29, 0.717) is 18.9 Å². The zero-order valence-electron chi connectivity index (χ0n) is 11.5. The Morgan fingerprint density at radius 2 is 1.95 bits per heavy atom. The van der Waals surface area contributed by atoms with Gasteiger partial charge in [-0.1, -0.05) is 13.8 Å². The Hall–Kier alpha value is -1.26. The fraction of sp³-hybridized carbons (Fsp3) is 0.500. The van der Waals surface area contributed by atoms with Crippen molar-refractivity contribution < 1.29 is 9.53 Å². The van der Waals surface area contributed by atoms with E-state index in [1.54, 1.807) is 0 Å². The van der Waals surface area contributed by atoms with Gasteiger partial charge in [-0.05, 0) is 36.6 Å². The van der Waals surface area contributed by atoms with Gasteiger partial charge in [0.15, 0.2) is 0 Å². The molecular formula is C14H23ClN2O2. The Bertz CT molecular complexity index is 366. The van der Waals surface area contributed by atoms with E-state index in [1.165, 1.54) is 0 Å². The van der Waals surface area contributed by atoms with Crippen molar-refractivity contribution in [3.05, 3.63) is 24.3 Å². The quantitative estimate of drug-likeness (QED) is 0.810. The van der Waals surface area contributed by atoms with Crippen LogP contribution in [0.1, 0.15) is 26.7 Å². The molecule has 0 atom stereocenters. The smallest absolute Gasteiger partial charge is 0.225 e. The van der Waals surface area contributed by atoms with Crippen LogP contribution in [0.5, 0.6) is 5.75 Å². The number of carbonyl (C=O) groups excluding carboxylic acids is 1. The highest BCUT2D eigenvalue weighted by molar-refractivity contribution is 5.90. The Balaban J connectivity index is 0.00000324. The monoisotopic (exact) mass is 286 g/mol. The van der Waals surface area contributed by atoms with Gasteiger partial charge < -0.3 is 15.8 Å². The summed E-state index contributed by atoms with van der Waals surface area (Å²) in [5, 5.41) is 2.77. The standard InChI is InChI=1S/C14H22N2O2.ClH/c1-11(2)8-10-18-13-5-3-12(4-6-13)16-14(17)7-9-15;/h3-6,11H,7-10,15H2,1-2H3,(H,16,17);1H. The van der Waals surface area contributed by atoms with Crippen molar-refractivity contribution in [3.8, 4) is 5.75 Å². The van der Waals surface area contributed by atoms with Gasteiger partial charge in [-0.25, -0.2) is 0 Å². The van der Waals surface area contributed by atoms with Crippen LogP contribution >= 0.6 is 12.4 Å². The number of rotatable bonds is 7. The summed E-state index contributed by atoms with van der Waals surface area (Å²) in [6, 6.07) is 7.38. The molecule has 0 radical (unpaired) electrons. The number of nitrogens with one attached hydrogen (secondary N) is 1. The number of amides is 1. The number of benzene rings is 1. The third-order valence-electron chi connectivity index (χ3n) is 2.47. The molecule has 1 aromatic rings. The highest BCUT2D eigenvalue weighted by Crippen LogP contribution is 2.16. The maximum Gasteiger partial charge on any atom is 0.225 e. The van der Waals surface area contributed by atoms with Crippen molar-refractivity contribution in [1.82, 2.24) is 0 Å². The number of nitrogens with two attached hydrogens (primary N) is 1. The van der Waals surface area contributed by atoms with E-state index in [0.717, 1.165) is 24.5 Å². The minimum absolute atomic E-state index is 0. The molecule has 1 rings (SSSR count). The molecular weight excluding hydrogens is 264 g/mol. The molecule has 0 aromatic heterocycles. The maximum absolute atomic E-state index is 11.3. The van der Waals surface area contributed by atoms with Crippen LogP contribution < -0.4 is 15.8 Å². The molecule has 1 aromatic carbocycles. The summed E-state index contributed by atoms with van der Waals surface area (Å²) in [6.45, 7) is 5.41. The van der Waals surface area contributed by atoms with Gasteiger partial charge in [-0.2, -0.15) is 0 Å². The van der Waals surface area contributed by atoms with E-state index in [4.69, 9.17) is 10.5 Å². The number of ether oxygens (including phenoxy) is 1. The largest absolute Gasteiger partial charge is 0.494 e. The van der Waals surface area contributed by atoms with E-state index in [-0.39, 0.29) is 18.3 Å². The lowest BCUT2D eigenvalue weighted by Crippen LogP contribution is -2.16. The zero-order chi connectivity index (χ0) is 13.4. The summed E-state index contributed by atoms with van der Waals surface area (Å²) < 4.78 is 5.59. The summed E-state index contributed by atoms with van der Waals surface area (Å²) >= 11 is 0. The topological polar surface area (TPSA) is 64.3 Å². The second-order valence-corrected chi connectivity index (χ2v) is 4.64. The Morgan fingerprint density at radius 3 is 2.47 bits per heavy atom. The van der Waals surface area contributed by atoms with Gasteiger partial charge in [-0.15, -0.1) is 12.4 Å². The molecule has 0 heterocycles. The summed E-state index contributed by atoms with van der Waals surface area (Å²) in [7, 11) is 0. The minimum atomic E-state index is -0.0639. The van der Waals surface area contributed by atoms with Gasteiger partial charge in [0.1, 0.15) is 5.75 Å². The van der Waals surface area contributed by atoms with Crippen LogP contribution in [-0.2, 0) is 4.79 Å². The number of anilines is 1. The molecule has 0 spiro atoms. The van der Waals surface area contributed by atoms with Crippen molar-refractivity contribution in [2.24, 2.45) is 11.7 Å². The second kappa shape index (κ2) is 9.64. The minimum Gasteiger partial charge on any atom is -0.494 e. The molecule has 0 saturated heterocycles. The molecule has 3 N–H and O–H groups in total. The SMILES string of the molecule is CC(C)CCOc1ccc(NC(=O)CCN)cc1.Cl. The fourth-order valence-electron chi connectivity index (χ4n) is 1.40. The summed E-state index contributed by atoms with van der Waals surface area (Å²) in [4.78, 5) is 11.3. The van der Waals surface area contributed by atoms with E-state index in [1.807, 2.05) is 24.3 Å². The predicted molar refractivity (Wildman–Crippen MR) is 80.9 cm³/mol. The molecule has 108 valence electrons. The van der Waals surface area contributed by atoms with Crippen LogP contribution in [0, 0.1) is 5.92 Å². The average Bonchev–Trinajstić information content (AvgIpc) is 2.31. The molecule has 0 unspecified atom stereocenters. The highest BCUT2D eigenvalue weighted by Gasteiger charge is 2.01. The predicted octanol–water partition coefficient (Wildman–Crippen LogP) is 2.82. The van der Waals surface area contributed by atoms with Crippen LogP contribution in [0.15, 0.2) is 24.3 Å². The summed E-state index contributed by atoms with van der Waals surface area (Å²) in [5.41, 5.74) is 6.07. The third-order valence-corrected chi connectivity index (χ3v) is 2.47. The fourth-order valence-corrected chi connectivity index (χ4v) is 1.40. The van der Waals surface area contributed by atoms with Gasteiger partial charge in [0.2, 0.25) is 5.91 Å². The van der Waals surface area contributed by atoms with Gasteiger partial charge in [-0.3, -0.25) is 4.79 Å². The van der Waals surface area contributed by atoms with Gasteiger partial charge in [0.25, 0.3) is 0 Å². The van der Waals surface area contributed by atoms with Crippen LogP contribution in [0.3, 0.4) is 0 Å². The molecule has 5 heteroatoms. The van der Waals surface area contributed by atoms with E-state index < -0.39 is 0 Å². The molecule has 4 nitrogen and oxygen atoms in total. The molecule has 0 aliphatic carbocycles. The lowest BCUT2D eigenvalue weighted by atomic mass is 10.1. The van der Waals surface area contributed by atoms with Gasteiger partial charge >= 0.3 is 0 Å². The van der Waals surface area contributed by atoms with Crippen molar-refractivity contribution in [2.45, 2.75) is 26.7 Å². The van der Waals surface area contributed by atoms with E-state index >= 15 is 0 Å². The Morgan fingerprint density at radius 1 is 1.32 bits per heavy atom. The molecule has 0 aliphatic heterocycles. The Labute approximate surface area is 121 Å². The molecule has 0 bridgehead atoms. The van der Waals surface area contributed by atoms with E-state index in [9.17, 15) is 4.79 Å². The van der Waals surface area contributed by atoms with Crippen LogP contribution in [-0.4, -0.2) is 19.1 Å². The zero-order valence-corrected chi connectivity index (χ0v) is 12.3. The first-order valence-electron chi connectivity index (χ1n) is 6.34. The lowest BCUT2D eigenvalue weighted by molar-refractivity contribution is -0.116. The maximum atomic E-state index is 11.3. The van der Waals surface area contributed by atoms with E-state index in [2.05, 4.69) is 19.2 Å². The molecule has 19 heavy (non-hydrogen) atoms. The number of halogens is 1. The van der Waals surface area contributed by atoms with Gasteiger partial charge in [0.05, 0.1) is 6.61 Å².